The fourth-order valence-corrected chi connectivity index (χ4v) is 4.97. The van der Waals surface area contributed by atoms with Gasteiger partial charge in [-0.15, -0.1) is 11.3 Å². The number of hydrogen-bond donors (Lipinski definition) is 2. The quantitative estimate of drug-likeness (QED) is 0.278. The van der Waals surface area contributed by atoms with Gasteiger partial charge in [0.05, 0.1) is 16.0 Å². The Morgan fingerprint density at radius 3 is 2.79 bits per heavy atom. The van der Waals surface area contributed by atoms with Crippen molar-refractivity contribution in [2.75, 3.05) is 5.73 Å². The first-order valence-electron chi connectivity index (χ1n) is 10.0. The highest BCUT2D eigenvalue weighted by atomic mass is 35.5. The predicted molar refractivity (Wildman–Crippen MR) is 130 cm³/mol. The van der Waals surface area contributed by atoms with Crippen LogP contribution in [0.3, 0.4) is 0 Å². The number of carbonyl (C=O) groups is 1. The average Bonchev–Trinajstić information content (AvgIpc) is 3.40. The van der Waals surface area contributed by atoms with Crippen LogP contribution >= 0.6 is 34.5 Å². The Morgan fingerprint density at radius 2 is 2.06 bits per heavy atom. The van der Waals surface area contributed by atoms with Crippen molar-refractivity contribution in [3.63, 3.8) is 0 Å². The third-order valence-corrected chi connectivity index (χ3v) is 6.61. The monoisotopic (exact) mass is 507 g/mol. The number of thiophene rings is 1. The molecule has 0 bridgehead atoms. The first-order chi connectivity index (χ1) is 15.7. The molecular weight excluding hydrogens is 488 g/mol. The summed E-state index contributed by atoms with van der Waals surface area (Å²) >= 11 is 13.8. The van der Waals surface area contributed by atoms with E-state index in [4.69, 9.17) is 38.1 Å². The molecule has 1 atom stereocenters. The largest absolute Gasteiger partial charge is 0.478 e. The van der Waals surface area contributed by atoms with Crippen molar-refractivity contribution in [2.24, 2.45) is 0 Å². The number of nitrogens with zero attached hydrogens (tertiary/aromatic N) is 1. The number of ether oxygens (including phenoxy) is 1. The summed E-state index contributed by atoms with van der Waals surface area (Å²) in [6, 6.07) is 4.42. The van der Waals surface area contributed by atoms with Gasteiger partial charge in [-0.05, 0) is 39.0 Å². The topological polar surface area (TPSA) is 90.4 Å². The van der Waals surface area contributed by atoms with Crippen LogP contribution in [0.4, 0.5) is 10.2 Å². The summed E-state index contributed by atoms with van der Waals surface area (Å²) in [6.07, 6.45) is 2.40. The van der Waals surface area contributed by atoms with Gasteiger partial charge in [0.25, 0.3) is 5.91 Å². The van der Waals surface area contributed by atoms with Crippen LogP contribution in [-0.4, -0.2) is 16.9 Å². The average molecular weight is 508 g/mol. The van der Waals surface area contributed by atoms with E-state index in [0.717, 1.165) is 10.4 Å². The Balaban J connectivity index is 1.70. The fourth-order valence-electron chi connectivity index (χ4n) is 3.38. The minimum atomic E-state index is -0.739. The third-order valence-electron chi connectivity index (χ3n) is 4.93. The second-order valence-electron chi connectivity index (χ2n) is 7.71. The third kappa shape index (κ3) is 4.51. The SMILES string of the molecule is CC(C)NC(=O)c1csc(-c2coc3c(O[C@H](C)c4c(Cl)ccc(F)c4Cl)c(N)ncc23)c1. The van der Waals surface area contributed by atoms with Crippen molar-refractivity contribution >= 4 is 57.2 Å². The van der Waals surface area contributed by atoms with Crippen LogP contribution < -0.4 is 15.8 Å². The number of furan rings is 1. The number of benzene rings is 1. The standard InChI is InChI=1S/C23H20Cl2FN3O3S/c1-10(2)29-23(30)12-6-17(33-9-12)14-8-31-20-13(14)7-28-22(27)21(20)32-11(3)18-15(24)4-5-16(26)19(18)25/h4-11H,1-3H3,(H2,27,28)(H,29,30)/t11-/m1/s1. The molecule has 1 aromatic carbocycles. The number of aromatic nitrogens is 1. The van der Waals surface area contributed by atoms with Gasteiger partial charge < -0.3 is 20.2 Å². The number of hydrogen-bond acceptors (Lipinski definition) is 6. The highest BCUT2D eigenvalue weighted by Crippen LogP contribution is 2.42. The Bertz CT molecular complexity index is 1350. The maximum atomic E-state index is 14.0. The molecule has 0 aliphatic carbocycles. The molecule has 3 N–H and O–H groups in total. The molecule has 3 aromatic heterocycles. The van der Waals surface area contributed by atoms with Crippen LogP contribution in [0.1, 0.15) is 42.8 Å². The number of pyridine rings is 1. The smallest absolute Gasteiger partial charge is 0.252 e. The first-order valence-corrected chi connectivity index (χ1v) is 11.7. The van der Waals surface area contributed by atoms with Crippen LogP contribution in [0.5, 0.6) is 5.75 Å². The van der Waals surface area contributed by atoms with E-state index < -0.39 is 11.9 Å². The first kappa shape index (κ1) is 23.4. The molecule has 172 valence electrons. The number of nitrogens with one attached hydrogen (secondary N) is 1. The maximum absolute atomic E-state index is 14.0. The molecule has 10 heteroatoms. The van der Waals surface area contributed by atoms with E-state index in [9.17, 15) is 9.18 Å². The van der Waals surface area contributed by atoms with E-state index in [2.05, 4.69) is 10.3 Å². The number of amides is 1. The van der Waals surface area contributed by atoms with E-state index in [1.54, 1.807) is 30.8 Å². The number of halogens is 3. The lowest BCUT2D eigenvalue weighted by Gasteiger charge is -2.18. The highest BCUT2D eigenvalue weighted by Gasteiger charge is 2.23. The van der Waals surface area contributed by atoms with Crippen LogP contribution in [0, 0.1) is 5.82 Å². The second-order valence-corrected chi connectivity index (χ2v) is 9.41. The minimum Gasteiger partial charge on any atom is -0.478 e. The van der Waals surface area contributed by atoms with Crippen LogP contribution in [0.2, 0.25) is 10.0 Å². The molecule has 0 fully saturated rings. The van der Waals surface area contributed by atoms with Crippen molar-refractivity contribution in [1.82, 2.24) is 10.3 Å². The van der Waals surface area contributed by atoms with Crippen molar-refractivity contribution in [3.8, 4) is 16.2 Å². The summed E-state index contributed by atoms with van der Waals surface area (Å²) in [5.74, 6) is -0.463. The summed E-state index contributed by atoms with van der Waals surface area (Å²) in [4.78, 5) is 17.4. The fraction of sp³-hybridized carbons (Fsp3) is 0.217. The van der Waals surface area contributed by atoms with Gasteiger partial charge >= 0.3 is 0 Å². The molecule has 33 heavy (non-hydrogen) atoms. The summed E-state index contributed by atoms with van der Waals surface area (Å²) in [5, 5.41) is 5.44. The molecule has 0 aliphatic heterocycles. The zero-order valence-electron chi connectivity index (χ0n) is 17.9. The Kier molecular flexibility index (Phi) is 6.52. The van der Waals surface area contributed by atoms with E-state index in [1.807, 2.05) is 13.8 Å². The molecule has 0 saturated carbocycles. The normalized spacial score (nSPS) is 12.3. The molecule has 0 radical (unpaired) electrons. The lowest BCUT2D eigenvalue weighted by atomic mass is 10.1. The number of anilines is 1. The molecule has 1 amide bonds. The summed E-state index contributed by atoms with van der Waals surface area (Å²) in [7, 11) is 0. The molecule has 3 heterocycles. The van der Waals surface area contributed by atoms with Gasteiger partial charge in [0, 0.05) is 38.6 Å². The molecule has 4 rings (SSSR count). The Labute approximate surface area is 203 Å². The lowest BCUT2D eigenvalue weighted by Crippen LogP contribution is -2.29. The van der Waals surface area contributed by atoms with Gasteiger partial charge in [-0.1, -0.05) is 23.2 Å². The van der Waals surface area contributed by atoms with Gasteiger partial charge in [0.1, 0.15) is 18.2 Å². The van der Waals surface area contributed by atoms with E-state index in [1.165, 1.54) is 23.5 Å². The molecule has 6 nitrogen and oxygen atoms in total. The van der Waals surface area contributed by atoms with E-state index >= 15 is 0 Å². The molecular formula is C23H20Cl2FN3O3S. The van der Waals surface area contributed by atoms with Crippen molar-refractivity contribution in [2.45, 2.75) is 32.9 Å². The van der Waals surface area contributed by atoms with E-state index in [-0.39, 0.29) is 33.6 Å². The van der Waals surface area contributed by atoms with Crippen LogP contribution in [0.15, 0.2) is 40.5 Å². The van der Waals surface area contributed by atoms with Gasteiger partial charge in [0.2, 0.25) is 5.75 Å². The molecule has 0 unspecified atom stereocenters. The van der Waals surface area contributed by atoms with Crippen molar-refractivity contribution in [3.05, 3.63) is 63.0 Å². The second kappa shape index (κ2) is 9.21. The number of rotatable bonds is 6. The highest BCUT2D eigenvalue weighted by molar-refractivity contribution is 7.14. The molecule has 0 spiro atoms. The number of fused-ring (bicyclic) bond motifs is 1. The summed E-state index contributed by atoms with van der Waals surface area (Å²) in [6.45, 7) is 5.47. The van der Waals surface area contributed by atoms with E-state index in [0.29, 0.717) is 22.1 Å². The zero-order valence-corrected chi connectivity index (χ0v) is 20.2. The summed E-state index contributed by atoms with van der Waals surface area (Å²) < 4.78 is 25.8. The number of nitrogens with two attached hydrogens (primary N) is 1. The van der Waals surface area contributed by atoms with Gasteiger partial charge in [-0.25, -0.2) is 9.37 Å². The Hall–Kier alpha value is -2.81. The predicted octanol–water partition coefficient (Wildman–Crippen LogP) is 6.86. The molecule has 4 aromatic rings. The minimum absolute atomic E-state index is 0.0320. The molecule has 0 aliphatic rings. The maximum Gasteiger partial charge on any atom is 0.252 e. The zero-order chi connectivity index (χ0) is 23.9. The van der Waals surface area contributed by atoms with Gasteiger partial charge in [0.15, 0.2) is 11.4 Å². The van der Waals surface area contributed by atoms with Crippen LogP contribution in [0.25, 0.3) is 21.4 Å². The number of carbonyl (C=O) groups excluding carboxylic acids is 1. The Morgan fingerprint density at radius 1 is 1.30 bits per heavy atom. The molecule has 0 saturated heterocycles. The van der Waals surface area contributed by atoms with Gasteiger partial charge in [-0.3, -0.25) is 4.79 Å². The number of nitrogen functional groups attached to an aromatic ring is 1. The van der Waals surface area contributed by atoms with Crippen LogP contribution in [-0.2, 0) is 0 Å². The summed E-state index contributed by atoms with van der Waals surface area (Å²) in [5.41, 5.74) is 8.03. The van der Waals surface area contributed by atoms with Crippen molar-refractivity contribution in [1.29, 1.82) is 0 Å². The van der Waals surface area contributed by atoms with Gasteiger partial charge in [-0.2, -0.15) is 0 Å². The van der Waals surface area contributed by atoms with Crippen molar-refractivity contribution < 1.29 is 18.3 Å². The lowest BCUT2D eigenvalue weighted by molar-refractivity contribution is 0.0943.